The second-order valence-electron chi connectivity index (χ2n) is 1.47. The van der Waals surface area contributed by atoms with Crippen LogP contribution in [0.1, 0.15) is 0 Å². The molecule has 0 aliphatic carbocycles. The number of nitrogens with one attached hydrogen (secondary N) is 1. The number of hydrogen-bond acceptors (Lipinski definition) is 4. The van der Waals surface area contributed by atoms with Crippen LogP contribution in [0.5, 0.6) is 0 Å². The third kappa shape index (κ3) is 1.05. The van der Waals surface area contributed by atoms with Crippen molar-refractivity contribution in [3.05, 3.63) is 16.7 Å². The lowest BCUT2D eigenvalue weighted by atomic mass is 10.5. The molecule has 0 aliphatic heterocycles. The van der Waals surface area contributed by atoms with Gasteiger partial charge in [-0.2, -0.15) is 0 Å². The largest absolute Gasteiger partial charge is 0.392 e. The Morgan fingerprint density at radius 3 is 2.89 bits per heavy atom. The number of anilines is 1. The summed E-state index contributed by atoms with van der Waals surface area (Å²) in [6.07, 6.45) is 1.25. The zero-order chi connectivity index (χ0) is 6.85. The first-order chi connectivity index (χ1) is 4.22. The molecule has 5 heteroatoms. The minimum atomic E-state index is -0.352. The van der Waals surface area contributed by atoms with Crippen molar-refractivity contribution in [1.82, 2.24) is 9.97 Å². The van der Waals surface area contributed by atoms with Gasteiger partial charge < -0.3 is 10.7 Å². The summed E-state index contributed by atoms with van der Waals surface area (Å²) in [7, 11) is 0. The molecule has 1 heterocycles. The molecular formula is C4H5N3OS. The number of nitrogens with zero attached hydrogens (tertiary/aromatic N) is 1. The van der Waals surface area contributed by atoms with E-state index in [4.69, 9.17) is 5.73 Å². The van der Waals surface area contributed by atoms with E-state index in [1.165, 1.54) is 6.33 Å². The smallest absolute Gasteiger partial charge is 0.275 e. The molecule has 3 N–H and O–H groups in total. The Balaban J connectivity index is 3.43. The number of aromatic amines is 1. The topological polar surface area (TPSA) is 71.8 Å². The Kier molecular flexibility index (Phi) is 1.44. The highest BCUT2D eigenvalue weighted by atomic mass is 32.1. The molecule has 0 aliphatic rings. The van der Waals surface area contributed by atoms with Gasteiger partial charge in [0.1, 0.15) is 10.7 Å². The third-order valence-electron chi connectivity index (χ3n) is 0.868. The highest BCUT2D eigenvalue weighted by molar-refractivity contribution is 7.80. The maximum atomic E-state index is 10.6. The van der Waals surface area contributed by atoms with Gasteiger partial charge in [-0.05, 0) is 0 Å². The summed E-state index contributed by atoms with van der Waals surface area (Å²) in [5.41, 5.74) is 4.90. The number of H-pyrrole nitrogens is 1. The van der Waals surface area contributed by atoms with E-state index in [0.717, 1.165) is 0 Å². The maximum absolute atomic E-state index is 10.6. The monoisotopic (exact) mass is 143 g/mol. The molecule has 0 aromatic carbocycles. The van der Waals surface area contributed by atoms with Crippen molar-refractivity contribution in [2.75, 3.05) is 5.73 Å². The van der Waals surface area contributed by atoms with E-state index in [-0.39, 0.29) is 16.3 Å². The summed E-state index contributed by atoms with van der Waals surface area (Å²) in [6, 6.07) is 0. The summed E-state index contributed by atoms with van der Waals surface area (Å²) >= 11 is 3.81. The van der Waals surface area contributed by atoms with E-state index in [9.17, 15) is 4.79 Å². The van der Waals surface area contributed by atoms with E-state index >= 15 is 0 Å². The van der Waals surface area contributed by atoms with Crippen LogP contribution in [-0.2, 0) is 0 Å². The van der Waals surface area contributed by atoms with Crippen LogP contribution < -0.4 is 11.3 Å². The summed E-state index contributed by atoms with van der Waals surface area (Å²) in [6.45, 7) is 0. The SMILES string of the molecule is Nc1c(S)nc[nH]c1=O. The number of rotatable bonds is 0. The van der Waals surface area contributed by atoms with Crippen LogP contribution in [-0.4, -0.2) is 9.97 Å². The van der Waals surface area contributed by atoms with E-state index in [2.05, 4.69) is 22.6 Å². The second-order valence-corrected chi connectivity index (χ2v) is 1.89. The molecule has 0 fully saturated rings. The van der Waals surface area contributed by atoms with Gasteiger partial charge in [0.25, 0.3) is 5.56 Å². The normalized spacial score (nSPS) is 9.44. The fraction of sp³-hybridized carbons (Fsp3) is 0. The van der Waals surface area contributed by atoms with Crippen LogP contribution in [0.3, 0.4) is 0 Å². The van der Waals surface area contributed by atoms with Crippen molar-refractivity contribution in [2.24, 2.45) is 0 Å². The molecule has 0 atom stereocenters. The zero-order valence-corrected chi connectivity index (χ0v) is 5.35. The molecule has 1 aromatic heterocycles. The van der Waals surface area contributed by atoms with Crippen molar-refractivity contribution in [3.63, 3.8) is 0 Å². The summed E-state index contributed by atoms with van der Waals surface area (Å²) in [5, 5.41) is 0.263. The van der Waals surface area contributed by atoms with Crippen LogP contribution in [0.2, 0.25) is 0 Å². The maximum Gasteiger partial charge on any atom is 0.275 e. The van der Waals surface area contributed by atoms with Gasteiger partial charge in [0.05, 0.1) is 6.33 Å². The Labute approximate surface area is 56.5 Å². The van der Waals surface area contributed by atoms with E-state index in [1.54, 1.807) is 0 Å². The van der Waals surface area contributed by atoms with Crippen LogP contribution in [0, 0.1) is 0 Å². The van der Waals surface area contributed by atoms with E-state index in [1.807, 2.05) is 0 Å². The van der Waals surface area contributed by atoms with Crippen molar-refractivity contribution in [3.8, 4) is 0 Å². The Morgan fingerprint density at radius 2 is 2.44 bits per heavy atom. The Bertz CT molecular complexity index is 269. The van der Waals surface area contributed by atoms with Gasteiger partial charge in [0.2, 0.25) is 0 Å². The molecule has 0 unspecified atom stereocenters. The lowest BCUT2D eigenvalue weighted by molar-refractivity contribution is 1.03. The number of hydrogen-bond donors (Lipinski definition) is 3. The van der Waals surface area contributed by atoms with Crippen LogP contribution in [0.4, 0.5) is 5.69 Å². The van der Waals surface area contributed by atoms with E-state index in [0.29, 0.717) is 0 Å². The van der Waals surface area contributed by atoms with Crippen LogP contribution >= 0.6 is 12.6 Å². The predicted molar refractivity (Wildman–Crippen MR) is 36.5 cm³/mol. The van der Waals surface area contributed by atoms with Crippen molar-refractivity contribution >= 4 is 18.3 Å². The number of nitrogens with two attached hydrogens (primary N) is 1. The van der Waals surface area contributed by atoms with Gasteiger partial charge in [-0.15, -0.1) is 12.6 Å². The van der Waals surface area contributed by atoms with E-state index < -0.39 is 0 Å². The predicted octanol–water partition coefficient (Wildman–Crippen LogP) is -0.359. The van der Waals surface area contributed by atoms with Crippen molar-refractivity contribution < 1.29 is 0 Å². The molecule has 0 bridgehead atoms. The standard InChI is InChI=1S/C4H5N3OS/c5-2-3(8)6-1-7-4(2)9/h1H,5H2,(H2,6,7,8,9). The first kappa shape index (κ1) is 6.15. The molecule has 0 amide bonds. The van der Waals surface area contributed by atoms with Gasteiger partial charge >= 0.3 is 0 Å². The molecule has 0 spiro atoms. The number of nitrogen functional groups attached to an aromatic ring is 1. The molecule has 1 rings (SSSR count). The number of aromatic nitrogens is 2. The molecule has 4 nitrogen and oxygen atoms in total. The van der Waals surface area contributed by atoms with Gasteiger partial charge in [0, 0.05) is 0 Å². The zero-order valence-electron chi connectivity index (χ0n) is 4.46. The summed E-state index contributed by atoms with van der Waals surface area (Å²) < 4.78 is 0. The minimum absolute atomic E-state index is 0.0563. The average molecular weight is 143 g/mol. The third-order valence-corrected chi connectivity index (χ3v) is 1.22. The lowest BCUT2D eigenvalue weighted by Gasteiger charge is -1.91. The first-order valence-corrected chi connectivity index (χ1v) is 2.68. The second kappa shape index (κ2) is 2.10. The van der Waals surface area contributed by atoms with Crippen LogP contribution in [0.15, 0.2) is 16.1 Å². The molecule has 48 valence electrons. The highest BCUT2D eigenvalue weighted by Gasteiger charge is 1.96. The number of thiol groups is 1. The molecule has 0 saturated carbocycles. The van der Waals surface area contributed by atoms with Gasteiger partial charge in [-0.3, -0.25) is 4.79 Å². The minimum Gasteiger partial charge on any atom is -0.392 e. The van der Waals surface area contributed by atoms with Gasteiger partial charge in [-0.1, -0.05) is 0 Å². The molecular weight excluding hydrogens is 138 g/mol. The Hall–Kier alpha value is -0.970. The highest BCUT2D eigenvalue weighted by Crippen LogP contribution is 2.03. The van der Waals surface area contributed by atoms with Crippen molar-refractivity contribution in [1.29, 1.82) is 0 Å². The molecule has 1 aromatic rings. The lowest BCUT2D eigenvalue weighted by Crippen LogP contribution is -2.12. The van der Waals surface area contributed by atoms with Gasteiger partial charge in [0.15, 0.2) is 0 Å². The molecule has 0 radical (unpaired) electrons. The average Bonchev–Trinajstić information content (AvgIpc) is 1.83. The molecule has 0 saturated heterocycles. The fourth-order valence-corrected chi connectivity index (χ4v) is 0.560. The Morgan fingerprint density at radius 1 is 1.78 bits per heavy atom. The summed E-state index contributed by atoms with van der Waals surface area (Å²) in [5.74, 6) is 0. The summed E-state index contributed by atoms with van der Waals surface area (Å²) in [4.78, 5) is 16.5. The molecule has 9 heavy (non-hydrogen) atoms. The first-order valence-electron chi connectivity index (χ1n) is 2.24. The quantitative estimate of drug-likeness (QED) is 0.343. The van der Waals surface area contributed by atoms with Crippen LogP contribution in [0.25, 0.3) is 0 Å². The van der Waals surface area contributed by atoms with Gasteiger partial charge in [-0.25, -0.2) is 4.98 Å². The fourth-order valence-electron chi connectivity index (χ4n) is 0.401. The van der Waals surface area contributed by atoms with Crippen molar-refractivity contribution in [2.45, 2.75) is 5.03 Å².